The van der Waals surface area contributed by atoms with Crippen LogP contribution in [0, 0.1) is 10.1 Å². The second-order valence-electron chi connectivity index (χ2n) is 3.78. The normalized spacial score (nSPS) is 11.3. The van der Waals surface area contributed by atoms with Crippen LogP contribution >= 0.6 is 0 Å². The Kier molecular flexibility index (Phi) is 5.86. The average molecular weight is 303 g/mol. The van der Waals surface area contributed by atoms with Crippen LogP contribution in [0.25, 0.3) is 0 Å². The van der Waals surface area contributed by atoms with Crippen molar-refractivity contribution in [2.75, 3.05) is 32.1 Å². The molecule has 0 heterocycles. The van der Waals surface area contributed by atoms with Crippen molar-refractivity contribution < 1.29 is 18.1 Å². The topological polar surface area (TPSA) is 111 Å². The van der Waals surface area contributed by atoms with Crippen molar-refractivity contribution in [1.29, 1.82) is 0 Å². The zero-order valence-electron chi connectivity index (χ0n) is 11.3. The second-order valence-corrected chi connectivity index (χ2v) is 5.52. The van der Waals surface area contributed by atoms with Crippen molar-refractivity contribution in [1.82, 2.24) is 4.72 Å². The maximum atomic E-state index is 12.1. The molecule has 1 aromatic carbocycles. The van der Waals surface area contributed by atoms with Gasteiger partial charge in [0.15, 0.2) is 4.90 Å². The molecule has 2 N–H and O–H groups in total. The molecular formula is C11H17N3O5S. The van der Waals surface area contributed by atoms with Crippen LogP contribution in [0.4, 0.5) is 11.4 Å². The molecule has 0 spiro atoms. The lowest BCUT2D eigenvalue weighted by Gasteiger charge is -2.09. The Hall–Kier alpha value is -1.71. The molecular weight excluding hydrogens is 286 g/mol. The monoisotopic (exact) mass is 303 g/mol. The van der Waals surface area contributed by atoms with Gasteiger partial charge < -0.3 is 10.1 Å². The molecule has 0 bridgehead atoms. The smallest absolute Gasteiger partial charge is 0.289 e. The molecule has 0 aliphatic heterocycles. The van der Waals surface area contributed by atoms with Crippen molar-refractivity contribution in [2.24, 2.45) is 0 Å². The lowest BCUT2D eigenvalue weighted by atomic mass is 10.3. The molecule has 0 aromatic heterocycles. The molecule has 0 aliphatic rings. The van der Waals surface area contributed by atoms with Crippen molar-refractivity contribution in [3.63, 3.8) is 0 Å². The highest BCUT2D eigenvalue weighted by Crippen LogP contribution is 2.26. The average Bonchev–Trinajstić information content (AvgIpc) is 2.42. The minimum atomic E-state index is -3.96. The standard InChI is InChI=1S/C11H17N3O5S/c1-3-19-7-6-13-20(17,18)11-8-9(12-2)4-5-10(11)14(15)16/h4-5,8,12-13H,3,6-7H2,1-2H3. The molecule has 0 amide bonds. The first kappa shape index (κ1) is 16.3. The summed E-state index contributed by atoms with van der Waals surface area (Å²) in [6.07, 6.45) is 0. The molecule has 20 heavy (non-hydrogen) atoms. The highest BCUT2D eigenvalue weighted by molar-refractivity contribution is 7.89. The summed E-state index contributed by atoms with van der Waals surface area (Å²) in [5.74, 6) is 0. The highest BCUT2D eigenvalue weighted by atomic mass is 32.2. The Morgan fingerprint density at radius 2 is 2.10 bits per heavy atom. The van der Waals surface area contributed by atoms with Gasteiger partial charge in [-0.15, -0.1) is 0 Å². The quantitative estimate of drug-likeness (QED) is 0.420. The van der Waals surface area contributed by atoms with E-state index in [4.69, 9.17) is 4.74 Å². The number of nitrogens with zero attached hydrogens (tertiary/aromatic N) is 1. The number of rotatable bonds is 8. The first-order valence-electron chi connectivity index (χ1n) is 5.96. The summed E-state index contributed by atoms with van der Waals surface area (Å²) in [4.78, 5) is 9.82. The molecule has 0 saturated heterocycles. The predicted octanol–water partition coefficient (Wildman–Crippen LogP) is 0.951. The molecule has 112 valence electrons. The highest BCUT2D eigenvalue weighted by Gasteiger charge is 2.25. The van der Waals surface area contributed by atoms with Gasteiger partial charge in [-0.3, -0.25) is 10.1 Å². The molecule has 0 radical (unpaired) electrons. The first-order valence-corrected chi connectivity index (χ1v) is 7.44. The number of nitrogens with one attached hydrogen (secondary N) is 2. The van der Waals surface area contributed by atoms with Crippen LogP contribution in [0.1, 0.15) is 6.92 Å². The molecule has 0 unspecified atom stereocenters. The van der Waals surface area contributed by atoms with E-state index in [9.17, 15) is 18.5 Å². The van der Waals surface area contributed by atoms with Crippen LogP contribution < -0.4 is 10.0 Å². The number of benzene rings is 1. The summed E-state index contributed by atoms with van der Waals surface area (Å²) in [5.41, 5.74) is 0.00805. The second kappa shape index (κ2) is 7.17. The van der Waals surface area contributed by atoms with E-state index in [1.165, 1.54) is 12.1 Å². The number of nitro benzene ring substituents is 1. The summed E-state index contributed by atoms with van der Waals surface area (Å²) >= 11 is 0. The fraction of sp³-hybridized carbons (Fsp3) is 0.455. The Morgan fingerprint density at radius 3 is 2.65 bits per heavy atom. The van der Waals surface area contributed by atoms with Gasteiger partial charge in [0, 0.05) is 32.0 Å². The van der Waals surface area contributed by atoms with Crippen molar-refractivity contribution >= 4 is 21.4 Å². The van der Waals surface area contributed by atoms with Gasteiger partial charge in [0.25, 0.3) is 5.69 Å². The van der Waals surface area contributed by atoms with Gasteiger partial charge in [0.1, 0.15) is 0 Å². The fourth-order valence-electron chi connectivity index (χ4n) is 1.51. The summed E-state index contributed by atoms with van der Waals surface area (Å²) < 4.78 is 31.5. The van der Waals surface area contributed by atoms with Gasteiger partial charge >= 0.3 is 0 Å². The van der Waals surface area contributed by atoms with Gasteiger partial charge in [-0.1, -0.05) is 0 Å². The third-order valence-corrected chi connectivity index (χ3v) is 3.97. The lowest BCUT2D eigenvalue weighted by molar-refractivity contribution is -0.387. The number of anilines is 1. The van der Waals surface area contributed by atoms with Crippen LogP contribution in [0.2, 0.25) is 0 Å². The van der Waals surface area contributed by atoms with Crippen LogP contribution in [0.5, 0.6) is 0 Å². The minimum absolute atomic E-state index is 0.0527. The zero-order chi connectivity index (χ0) is 15.2. The van der Waals surface area contributed by atoms with E-state index in [1.807, 2.05) is 0 Å². The Bertz CT molecular complexity index is 573. The Labute approximate surface area is 117 Å². The van der Waals surface area contributed by atoms with Crippen molar-refractivity contribution in [2.45, 2.75) is 11.8 Å². The van der Waals surface area contributed by atoms with E-state index in [0.29, 0.717) is 12.3 Å². The molecule has 8 nitrogen and oxygen atoms in total. The number of hydrogen-bond acceptors (Lipinski definition) is 6. The molecule has 0 aliphatic carbocycles. The zero-order valence-corrected chi connectivity index (χ0v) is 12.1. The maximum Gasteiger partial charge on any atom is 0.289 e. The Morgan fingerprint density at radius 1 is 1.40 bits per heavy atom. The third kappa shape index (κ3) is 4.15. The van der Waals surface area contributed by atoms with Crippen LogP contribution in [-0.2, 0) is 14.8 Å². The molecule has 0 saturated carbocycles. The lowest BCUT2D eigenvalue weighted by Crippen LogP contribution is -2.28. The third-order valence-electron chi connectivity index (χ3n) is 2.48. The summed E-state index contributed by atoms with van der Waals surface area (Å²) in [6, 6.07) is 3.82. The van der Waals surface area contributed by atoms with Crippen molar-refractivity contribution in [3.05, 3.63) is 28.3 Å². The molecule has 0 atom stereocenters. The fourth-order valence-corrected chi connectivity index (χ4v) is 2.71. The van der Waals surface area contributed by atoms with Crippen LogP contribution in [0.15, 0.2) is 23.1 Å². The van der Waals surface area contributed by atoms with Crippen molar-refractivity contribution in [3.8, 4) is 0 Å². The SMILES string of the molecule is CCOCCNS(=O)(=O)c1cc(NC)ccc1[N+](=O)[O-]. The van der Waals surface area contributed by atoms with E-state index in [1.54, 1.807) is 14.0 Å². The number of nitro groups is 1. The molecule has 9 heteroatoms. The predicted molar refractivity (Wildman–Crippen MR) is 74.3 cm³/mol. The van der Waals surface area contributed by atoms with E-state index >= 15 is 0 Å². The molecule has 0 fully saturated rings. The van der Waals surface area contributed by atoms with Gasteiger partial charge in [0.05, 0.1) is 11.5 Å². The van der Waals surface area contributed by atoms with Gasteiger partial charge in [-0.2, -0.15) is 0 Å². The van der Waals surface area contributed by atoms with Gasteiger partial charge in [0.2, 0.25) is 10.0 Å². The minimum Gasteiger partial charge on any atom is -0.388 e. The van der Waals surface area contributed by atoms with E-state index in [0.717, 1.165) is 6.07 Å². The summed E-state index contributed by atoms with van der Waals surface area (Å²) in [6.45, 7) is 2.51. The van der Waals surface area contributed by atoms with Crippen LogP contribution in [-0.4, -0.2) is 40.1 Å². The van der Waals surface area contributed by atoms with E-state index in [-0.39, 0.29) is 18.0 Å². The molecule has 1 aromatic rings. The van der Waals surface area contributed by atoms with Gasteiger partial charge in [-0.05, 0) is 19.1 Å². The van der Waals surface area contributed by atoms with E-state index in [2.05, 4.69) is 10.0 Å². The summed E-state index contributed by atoms with van der Waals surface area (Å²) in [5, 5.41) is 13.7. The first-order chi connectivity index (χ1) is 9.42. The molecule has 1 rings (SSSR count). The number of sulfonamides is 1. The largest absolute Gasteiger partial charge is 0.388 e. The van der Waals surface area contributed by atoms with Crippen LogP contribution in [0.3, 0.4) is 0 Å². The Balaban J connectivity index is 3.05. The summed E-state index contributed by atoms with van der Waals surface area (Å²) in [7, 11) is -2.36. The van der Waals surface area contributed by atoms with Gasteiger partial charge in [-0.25, -0.2) is 13.1 Å². The number of hydrogen-bond donors (Lipinski definition) is 2. The number of ether oxygens (including phenoxy) is 1. The van der Waals surface area contributed by atoms with E-state index < -0.39 is 20.6 Å². The maximum absolute atomic E-state index is 12.1.